The van der Waals surface area contributed by atoms with Gasteiger partial charge in [-0.05, 0) is 88.6 Å². The Morgan fingerprint density at radius 3 is 2.43 bits per heavy atom. The van der Waals surface area contributed by atoms with Crippen molar-refractivity contribution in [1.82, 2.24) is 5.32 Å². The maximum absolute atomic E-state index is 13.2. The molecule has 0 heterocycles. The van der Waals surface area contributed by atoms with Crippen LogP contribution in [-0.4, -0.2) is 12.1 Å². The third-order valence-corrected chi connectivity index (χ3v) is 4.75. The minimum absolute atomic E-state index is 0.120. The average Bonchev–Trinajstić information content (AvgIpc) is 2.40. The van der Waals surface area contributed by atoms with Gasteiger partial charge < -0.3 is 5.32 Å². The zero-order valence-electron chi connectivity index (χ0n) is 14.0. The first-order valence-corrected chi connectivity index (χ1v) is 8.35. The van der Waals surface area contributed by atoms with Gasteiger partial charge in [-0.25, -0.2) is 4.39 Å². The SMILES string of the molecule is Cc1cc(F)ccc1CC1CCCCC1CNC(C)(C)C. The Labute approximate surface area is 129 Å². The fourth-order valence-corrected chi connectivity index (χ4v) is 3.43. The lowest BCUT2D eigenvalue weighted by atomic mass is 9.75. The van der Waals surface area contributed by atoms with Gasteiger partial charge in [-0.3, -0.25) is 0 Å². The van der Waals surface area contributed by atoms with Crippen LogP contribution in [0.25, 0.3) is 0 Å². The molecule has 0 aromatic heterocycles. The van der Waals surface area contributed by atoms with Crippen molar-refractivity contribution >= 4 is 0 Å². The highest BCUT2D eigenvalue weighted by atomic mass is 19.1. The molecular weight excluding hydrogens is 261 g/mol. The van der Waals surface area contributed by atoms with Crippen molar-refractivity contribution in [2.75, 3.05) is 6.54 Å². The van der Waals surface area contributed by atoms with Crippen molar-refractivity contribution in [2.45, 2.75) is 65.3 Å². The molecule has 2 atom stereocenters. The largest absolute Gasteiger partial charge is 0.312 e. The van der Waals surface area contributed by atoms with Crippen molar-refractivity contribution in [3.8, 4) is 0 Å². The number of hydrogen-bond donors (Lipinski definition) is 1. The molecule has 2 rings (SSSR count). The Balaban J connectivity index is 2.01. The summed E-state index contributed by atoms with van der Waals surface area (Å²) in [7, 11) is 0. The highest BCUT2D eigenvalue weighted by Gasteiger charge is 2.26. The van der Waals surface area contributed by atoms with Crippen LogP contribution in [0.1, 0.15) is 57.6 Å². The number of nitrogens with one attached hydrogen (secondary N) is 1. The lowest BCUT2D eigenvalue weighted by molar-refractivity contribution is 0.213. The molecule has 1 aliphatic rings. The highest BCUT2D eigenvalue weighted by molar-refractivity contribution is 5.27. The first-order chi connectivity index (χ1) is 9.85. The van der Waals surface area contributed by atoms with E-state index >= 15 is 0 Å². The lowest BCUT2D eigenvalue weighted by Gasteiger charge is -2.34. The third kappa shape index (κ3) is 5.10. The molecule has 1 aromatic rings. The summed E-state index contributed by atoms with van der Waals surface area (Å²) in [6.07, 6.45) is 6.44. The van der Waals surface area contributed by atoms with Gasteiger partial charge in [0, 0.05) is 5.54 Å². The van der Waals surface area contributed by atoms with Gasteiger partial charge in [0.15, 0.2) is 0 Å². The van der Waals surface area contributed by atoms with Crippen LogP contribution in [0.2, 0.25) is 0 Å². The van der Waals surface area contributed by atoms with Gasteiger partial charge in [0.05, 0.1) is 0 Å². The molecule has 1 aliphatic carbocycles. The summed E-state index contributed by atoms with van der Waals surface area (Å²) in [5, 5.41) is 3.67. The Morgan fingerprint density at radius 2 is 1.81 bits per heavy atom. The summed E-state index contributed by atoms with van der Waals surface area (Å²) in [5.74, 6) is 1.37. The van der Waals surface area contributed by atoms with Gasteiger partial charge in [-0.1, -0.05) is 18.9 Å². The molecule has 1 nitrogen and oxygen atoms in total. The van der Waals surface area contributed by atoms with E-state index in [1.54, 1.807) is 12.1 Å². The van der Waals surface area contributed by atoms with Crippen LogP contribution < -0.4 is 5.32 Å². The van der Waals surface area contributed by atoms with E-state index in [1.807, 2.05) is 13.0 Å². The third-order valence-electron chi connectivity index (χ3n) is 4.75. The van der Waals surface area contributed by atoms with E-state index in [1.165, 1.54) is 31.2 Å². The molecule has 1 aromatic carbocycles. The first-order valence-electron chi connectivity index (χ1n) is 8.35. The van der Waals surface area contributed by atoms with E-state index in [0.29, 0.717) is 0 Å². The molecule has 1 saturated carbocycles. The van der Waals surface area contributed by atoms with Crippen LogP contribution in [0.5, 0.6) is 0 Å². The molecule has 0 saturated heterocycles. The van der Waals surface area contributed by atoms with E-state index in [4.69, 9.17) is 0 Å². The van der Waals surface area contributed by atoms with Gasteiger partial charge in [-0.2, -0.15) is 0 Å². The van der Waals surface area contributed by atoms with Crippen LogP contribution in [0.4, 0.5) is 4.39 Å². The zero-order valence-corrected chi connectivity index (χ0v) is 14.0. The summed E-state index contributed by atoms with van der Waals surface area (Å²) in [6.45, 7) is 9.83. The number of rotatable bonds is 4. The normalized spacial score (nSPS) is 23.3. The van der Waals surface area contributed by atoms with Crippen LogP contribution in [0.15, 0.2) is 18.2 Å². The fraction of sp³-hybridized carbons (Fsp3) is 0.684. The second kappa shape index (κ2) is 6.91. The Bertz CT molecular complexity index is 461. The van der Waals surface area contributed by atoms with E-state index in [-0.39, 0.29) is 11.4 Å². The fourth-order valence-electron chi connectivity index (χ4n) is 3.43. The van der Waals surface area contributed by atoms with Crippen LogP contribution in [0, 0.1) is 24.6 Å². The van der Waals surface area contributed by atoms with E-state index < -0.39 is 0 Å². The highest BCUT2D eigenvalue weighted by Crippen LogP contribution is 2.33. The molecular formula is C19H30FN. The van der Waals surface area contributed by atoms with Crippen LogP contribution in [0.3, 0.4) is 0 Å². The maximum atomic E-state index is 13.2. The summed E-state index contributed by atoms with van der Waals surface area (Å²) in [4.78, 5) is 0. The molecule has 2 unspecified atom stereocenters. The summed E-state index contributed by atoms with van der Waals surface area (Å²) >= 11 is 0. The molecule has 0 bridgehead atoms. The molecule has 0 amide bonds. The van der Waals surface area contributed by atoms with Crippen molar-refractivity contribution < 1.29 is 4.39 Å². The molecule has 118 valence electrons. The second-order valence-corrected chi connectivity index (χ2v) is 7.71. The summed E-state index contributed by atoms with van der Waals surface area (Å²) < 4.78 is 13.2. The maximum Gasteiger partial charge on any atom is 0.123 e. The zero-order chi connectivity index (χ0) is 15.5. The standard InChI is InChI=1S/C19H30FN/c1-14-11-18(20)10-9-15(14)12-16-7-5-6-8-17(16)13-21-19(2,3)4/h9-11,16-17,21H,5-8,12-13H2,1-4H3. The van der Waals surface area contributed by atoms with Gasteiger partial charge in [0.1, 0.15) is 5.82 Å². The molecule has 1 N–H and O–H groups in total. The first kappa shape index (κ1) is 16.5. The Kier molecular flexibility index (Phi) is 5.43. The Hall–Kier alpha value is -0.890. The number of benzene rings is 1. The summed E-state index contributed by atoms with van der Waals surface area (Å²) in [6, 6.07) is 5.25. The molecule has 0 aliphatic heterocycles. The van der Waals surface area contributed by atoms with Gasteiger partial charge in [0.2, 0.25) is 0 Å². The van der Waals surface area contributed by atoms with E-state index in [9.17, 15) is 4.39 Å². The Morgan fingerprint density at radius 1 is 1.14 bits per heavy atom. The minimum atomic E-state index is -0.120. The smallest absolute Gasteiger partial charge is 0.123 e. The van der Waals surface area contributed by atoms with Crippen molar-refractivity contribution in [1.29, 1.82) is 0 Å². The second-order valence-electron chi connectivity index (χ2n) is 7.71. The number of halogens is 1. The van der Waals surface area contributed by atoms with Crippen molar-refractivity contribution in [3.05, 3.63) is 35.1 Å². The molecule has 0 spiro atoms. The van der Waals surface area contributed by atoms with E-state index in [0.717, 1.165) is 30.4 Å². The van der Waals surface area contributed by atoms with E-state index in [2.05, 4.69) is 26.1 Å². The monoisotopic (exact) mass is 291 g/mol. The predicted molar refractivity (Wildman–Crippen MR) is 88.0 cm³/mol. The number of hydrogen-bond acceptors (Lipinski definition) is 1. The molecule has 1 fully saturated rings. The molecule has 2 heteroatoms. The van der Waals surface area contributed by atoms with Gasteiger partial charge in [0.25, 0.3) is 0 Å². The average molecular weight is 291 g/mol. The minimum Gasteiger partial charge on any atom is -0.312 e. The van der Waals surface area contributed by atoms with Crippen LogP contribution >= 0.6 is 0 Å². The van der Waals surface area contributed by atoms with Crippen molar-refractivity contribution in [2.24, 2.45) is 11.8 Å². The summed E-state index contributed by atoms with van der Waals surface area (Å²) in [5.41, 5.74) is 2.61. The predicted octanol–water partition coefficient (Wildman–Crippen LogP) is 4.87. The topological polar surface area (TPSA) is 12.0 Å². The lowest BCUT2D eigenvalue weighted by Crippen LogP contribution is -2.41. The van der Waals surface area contributed by atoms with Gasteiger partial charge >= 0.3 is 0 Å². The van der Waals surface area contributed by atoms with Crippen LogP contribution in [-0.2, 0) is 6.42 Å². The van der Waals surface area contributed by atoms with Crippen molar-refractivity contribution in [3.63, 3.8) is 0 Å². The molecule has 0 radical (unpaired) electrons. The molecule has 21 heavy (non-hydrogen) atoms. The number of aryl methyl sites for hydroxylation is 1. The quantitative estimate of drug-likeness (QED) is 0.834. The van der Waals surface area contributed by atoms with Gasteiger partial charge in [-0.15, -0.1) is 0 Å².